The summed E-state index contributed by atoms with van der Waals surface area (Å²) in [6.45, 7) is 5.20. The summed E-state index contributed by atoms with van der Waals surface area (Å²) in [7, 11) is 1.54. The highest BCUT2D eigenvalue weighted by molar-refractivity contribution is 5.47. The Morgan fingerprint density at radius 3 is 2.85 bits per heavy atom. The maximum Gasteiger partial charge on any atom is 0.233 e. The summed E-state index contributed by atoms with van der Waals surface area (Å²) in [6.07, 6.45) is 1.79. The van der Waals surface area contributed by atoms with Crippen molar-refractivity contribution in [3.8, 4) is 17.4 Å². The second kappa shape index (κ2) is 6.95. The van der Waals surface area contributed by atoms with Crippen molar-refractivity contribution in [3.05, 3.63) is 18.0 Å². The van der Waals surface area contributed by atoms with Crippen molar-refractivity contribution in [1.29, 1.82) is 0 Å². The minimum atomic E-state index is 0.296. The van der Waals surface area contributed by atoms with E-state index in [2.05, 4.69) is 39.5 Å². The van der Waals surface area contributed by atoms with Gasteiger partial charge in [0.25, 0.3) is 0 Å². The van der Waals surface area contributed by atoms with Crippen molar-refractivity contribution in [2.24, 2.45) is 0 Å². The molecule has 2 aromatic rings. The van der Waals surface area contributed by atoms with Gasteiger partial charge in [0, 0.05) is 18.5 Å². The highest BCUT2D eigenvalue weighted by Crippen LogP contribution is 2.14. The van der Waals surface area contributed by atoms with Crippen LogP contribution in [0.25, 0.3) is 11.5 Å². The predicted molar refractivity (Wildman–Crippen MR) is 73.3 cm³/mol. The van der Waals surface area contributed by atoms with Crippen LogP contribution in [0.5, 0.6) is 5.88 Å². The molecule has 0 spiro atoms. The third-order valence-corrected chi connectivity index (χ3v) is 2.77. The number of hydrogen-bond acceptors (Lipinski definition) is 7. The maximum absolute atomic E-state index is 5.23. The molecule has 0 fully saturated rings. The van der Waals surface area contributed by atoms with Crippen LogP contribution in [0.2, 0.25) is 0 Å². The van der Waals surface area contributed by atoms with Gasteiger partial charge >= 0.3 is 0 Å². The van der Waals surface area contributed by atoms with Crippen LogP contribution in [-0.4, -0.2) is 40.0 Å². The minimum Gasteiger partial charge on any atom is -0.480 e. The van der Waals surface area contributed by atoms with Crippen LogP contribution in [0.1, 0.15) is 26.2 Å². The zero-order valence-electron chi connectivity index (χ0n) is 12.0. The van der Waals surface area contributed by atoms with Gasteiger partial charge in [-0.25, -0.2) is 0 Å². The monoisotopic (exact) mass is 277 g/mol. The van der Waals surface area contributed by atoms with Crippen LogP contribution in [0.15, 0.2) is 16.7 Å². The lowest BCUT2D eigenvalue weighted by molar-refractivity contribution is 0.361. The molecular weight excluding hydrogens is 258 g/mol. The molecular formula is C13H19N5O2. The maximum atomic E-state index is 5.23. The highest BCUT2D eigenvalue weighted by atomic mass is 16.5. The second-order valence-electron chi connectivity index (χ2n) is 4.53. The van der Waals surface area contributed by atoms with Crippen LogP contribution >= 0.6 is 0 Å². The van der Waals surface area contributed by atoms with Gasteiger partial charge in [0.15, 0.2) is 0 Å². The number of nitrogens with zero attached hydrogens (tertiary/aromatic N) is 4. The third-order valence-electron chi connectivity index (χ3n) is 2.77. The molecule has 0 radical (unpaired) electrons. The zero-order valence-corrected chi connectivity index (χ0v) is 12.0. The average molecular weight is 277 g/mol. The first-order valence-corrected chi connectivity index (χ1v) is 6.67. The molecule has 0 amide bonds. The summed E-state index contributed by atoms with van der Waals surface area (Å²) in [5.41, 5.74) is 0.565. The summed E-state index contributed by atoms with van der Waals surface area (Å²) in [4.78, 5) is 4.32. The summed E-state index contributed by atoms with van der Waals surface area (Å²) in [5, 5.41) is 15.2. The normalized spacial score (nSPS) is 12.3. The minimum absolute atomic E-state index is 0.296. The standard InChI is InChI=1S/C13H19N5O2/c1-4-7-14-9(2)8-12-15-13(18-20-12)10-5-6-11(19-3)17-16-10/h5-6,9,14H,4,7-8H2,1-3H3. The molecule has 1 atom stereocenters. The molecule has 0 aromatic carbocycles. The Hall–Kier alpha value is -2.02. The fourth-order valence-electron chi connectivity index (χ4n) is 1.71. The topological polar surface area (TPSA) is 86.0 Å². The lowest BCUT2D eigenvalue weighted by atomic mass is 10.2. The molecule has 2 aromatic heterocycles. The summed E-state index contributed by atoms with van der Waals surface area (Å²) in [6, 6.07) is 3.76. The van der Waals surface area contributed by atoms with Crippen molar-refractivity contribution in [1.82, 2.24) is 25.7 Å². The van der Waals surface area contributed by atoms with Gasteiger partial charge in [-0.3, -0.25) is 0 Å². The van der Waals surface area contributed by atoms with E-state index in [-0.39, 0.29) is 0 Å². The fraction of sp³-hybridized carbons (Fsp3) is 0.538. The first-order valence-electron chi connectivity index (χ1n) is 6.67. The van der Waals surface area contributed by atoms with Crippen LogP contribution in [-0.2, 0) is 6.42 Å². The Balaban J connectivity index is 2.00. The number of hydrogen-bond donors (Lipinski definition) is 1. The van der Waals surface area contributed by atoms with Crippen molar-refractivity contribution in [2.75, 3.05) is 13.7 Å². The van der Waals surface area contributed by atoms with Crippen LogP contribution in [0, 0.1) is 0 Å². The molecule has 108 valence electrons. The molecule has 0 saturated heterocycles. The van der Waals surface area contributed by atoms with Crippen LogP contribution < -0.4 is 10.1 Å². The molecule has 0 aliphatic carbocycles. The smallest absolute Gasteiger partial charge is 0.233 e. The van der Waals surface area contributed by atoms with Gasteiger partial charge in [-0.15, -0.1) is 10.2 Å². The lowest BCUT2D eigenvalue weighted by Crippen LogP contribution is -2.28. The van der Waals surface area contributed by atoms with Gasteiger partial charge in [0.2, 0.25) is 17.6 Å². The third kappa shape index (κ3) is 3.74. The Morgan fingerprint density at radius 1 is 1.35 bits per heavy atom. The fourth-order valence-corrected chi connectivity index (χ4v) is 1.71. The highest BCUT2D eigenvalue weighted by Gasteiger charge is 2.13. The molecule has 2 rings (SSSR count). The Morgan fingerprint density at radius 2 is 2.20 bits per heavy atom. The SMILES string of the molecule is CCCNC(C)Cc1nc(-c2ccc(OC)nn2)no1. The van der Waals surface area contributed by atoms with Crippen molar-refractivity contribution in [3.63, 3.8) is 0 Å². The van der Waals surface area contributed by atoms with Gasteiger partial charge in [-0.05, 0) is 26.0 Å². The van der Waals surface area contributed by atoms with Gasteiger partial charge in [-0.1, -0.05) is 12.1 Å². The van der Waals surface area contributed by atoms with Gasteiger partial charge in [-0.2, -0.15) is 4.98 Å². The lowest BCUT2D eigenvalue weighted by Gasteiger charge is -2.09. The summed E-state index contributed by atoms with van der Waals surface area (Å²) in [5.74, 6) is 1.49. The van der Waals surface area contributed by atoms with E-state index < -0.39 is 0 Å². The Kier molecular flexibility index (Phi) is 5.00. The van der Waals surface area contributed by atoms with Crippen molar-refractivity contribution >= 4 is 0 Å². The summed E-state index contributed by atoms with van der Waals surface area (Å²) >= 11 is 0. The largest absolute Gasteiger partial charge is 0.480 e. The molecule has 1 N–H and O–H groups in total. The molecule has 0 saturated carbocycles. The zero-order chi connectivity index (χ0) is 14.4. The van der Waals surface area contributed by atoms with Crippen molar-refractivity contribution in [2.45, 2.75) is 32.7 Å². The first-order chi connectivity index (χ1) is 9.72. The Labute approximate surface area is 117 Å². The molecule has 0 bridgehead atoms. The average Bonchev–Trinajstić information content (AvgIpc) is 2.93. The molecule has 0 aliphatic heterocycles. The molecule has 7 nitrogen and oxygen atoms in total. The van der Waals surface area contributed by atoms with E-state index in [1.165, 1.54) is 0 Å². The number of aromatic nitrogens is 4. The van der Waals surface area contributed by atoms with E-state index in [4.69, 9.17) is 9.26 Å². The van der Waals surface area contributed by atoms with Gasteiger partial charge in [0.05, 0.1) is 7.11 Å². The molecule has 0 aliphatic rings. The van der Waals surface area contributed by atoms with E-state index in [9.17, 15) is 0 Å². The number of methoxy groups -OCH3 is 1. The van der Waals surface area contributed by atoms with Crippen LogP contribution in [0.4, 0.5) is 0 Å². The van der Waals surface area contributed by atoms with Crippen LogP contribution in [0.3, 0.4) is 0 Å². The molecule has 2 heterocycles. The van der Waals surface area contributed by atoms with E-state index in [1.807, 2.05) is 0 Å². The quantitative estimate of drug-likeness (QED) is 0.820. The number of rotatable bonds is 7. The van der Waals surface area contributed by atoms with E-state index in [1.54, 1.807) is 19.2 Å². The van der Waals surface area contributed by atoms with Gasteiger partial charge < -0.3 is 14.6 Å². The first kappa shape index (κ1) is 14.4. The molecule has 7 heteroatoms. The predicted octanol–water partition coefficient (Wildman–Crippen LogP) is 1.47. The second-order valence-corrected chi connectivity index (χ2v) is 4.53. The van der Waals surface area contributed by atoms with Gasteiger partial charge in [0.1, 0.15) is 5.69 Å². The van der Waals surface area contributed by atoms with E-state index in [0.717, 1.165) is 13.0 Å². The van der Waals surface area contributed by atoms with E-state index >= 15 is 0 Å². The molecule has 1 unspecified atom stereocenters. The number of ether oxygens (including phenoxy) is 1. The molecule has 20 heavy (non-hydrogen) atoms. The van der Waals surface area contributed by atoms with E-state index in [0.29, 0.717) is 35.8 Å². The number of nitrogens with one attached hydrogen (secondary N) is 1. The Bertz CT molecular complexity index is 526. The van der Waals surface area contributed by atoms with Crippen molar-refractivity contribution < 1.29 is 9.26 Å². The summed E-state index contributed by atoms with van der Waals surface area (Å²) < 4.78 is 10.2.